The molecule has 2 aromatic heterocycles. The molecule has 0 bridgehead atoms. The lowest BCUT2D eigenvalue weighted by molar-refractivity contribution is 0.0934. The van der Waals surface area contributed by atoms with E-state index < -0.39 is 0 Å². The Morgan fingerprint density at radius 1 is 1.46 bits per heavy atom. The van der Waals surface area contributed by atoms with Crippen LogP contribution < -0.4 is 5.32 Å². The fourth-order valence-corrected chi connectivity index (χ4v) is 3.78. The van der Waals surface area contributed by atoms with E-state index in [0.717, 1.165) is 56.4 Å². The molecule has 0 spiro atoms. The first-order valence-electron chi connectivity index (χ1n) is 8.18. The first-order chi connectivity index (χ1) is 11.5. The highest BCUT2D eigenvalue weighted by molar-refractivity contribution is 7.14. The Kier molecular flexibility index (Phi) is 5.58. The van der Waals surface area contributed by atoms with Crippen molar-refractivity contribution in [2.24, 2.45) is 5.92 Å². The van der Waals surface area contributed by atoms with Gasteiger partial charge in [0, 0.05) is 11.9 Å². The largest absolute Gasteiger partial charge is 0.444 e. The Morgan fingerprint density at radius 3 is 2.79 bits per heavy atom. The van der Waals surface area contributed by atoms with Crippen molar-refractivity contribution in [3.8, 4) is 0 Å². The Balaban J connectivity index is 1.41. The lowest BCUT2D eigenvalue weighted by Gasteiger charge is -2.31. The van der Waals surface area contributed by atoms with Gasteiger partial charge in [0.25, 0.3) is 5.91 Å². The van der Waals surface area contributed by atoms with Crippen molar-refractivity contribution in [2.75, 3.05) is 19.6 Å². The van der Waals surface area contributed by atoms with Crippen molar-refractivity contribution in [2.45, 2.75) is 33.2 Å². The van der Waals surface area contributed by atoms with E-state index in [-0.39, 0.29) is 5.91 Å². The topological polar surface area (TPSA) is 58.4 Å². The van der Waals surface area contributed by atoms with Gasteiger partial charge in [0.15, 0.2) is 0 Å². The minimum absolute atomic E-state index is 0.0358. The van der Waals surface area contributed by atoms with Gasteiger partial charge in [0.1, 0.15) is 5.76 Å². The van der Waals surface area contributed by atoms with Gasteiger partial charge in [-0.1, -0.05) is 11.6 Å². The van der Waals surface area contributed by atoms with Crippen molar-refractivity contribution in [3.05, 3.63) is 38.7 Å². The average molecular weight is 368 g/mol. The maximum atomic E-state index is 12.0. The molecule has 0 unspecified atom stereocenters. The van der Waals surface area contributed by atoms with Crippen LogP contribution in [0, 0.1) is 19.8 Å². The summed E-state index contributed by atoms with van der Waals surface area (Å²) in [4.78, 5) is 18.9. The van der Waals surface area contributed by atoms with E-state index in [1.54, 1.807) is 11.4 Å². The summed E-state index contributed by atoms with van der Waals surface area (Å²) in [7, 11) is 0. The summed E-state index contributed by atoms with van der Waals surface area (Å²) in [5.41, 5.74) is 1.62. The molecule has 0 aliphatic carbocycles. The molecule has 1 fully saturated rings. The molecule has 0 atom stereocenters. The standard InChI is InChI=1S/C17H22ClN3O2S/c1-11-12(2)23-16(20-11)9-21-5-3-13(4-6-21)8-19-17(22)14-7-15(18)24-10-14/h7,10,13H,3-6,8-9H2,1-2H3,(H,19,22). The third kappa shape index (κ3) is 4.37. The second kappa shape index (κ2) is 7.68. The fourth-order valence-electron chi connectivity index (χ4n) is 2.91. The highest BCUT2D eigenvalue weighted by atomic mass is 35.5. The van der Waals surface area contributed by atoms with Gasteiger partial charge in [-0.05, 0) is 51.8 Å². The summed E-state index contributed by atoms with van der Waals surface area (Å²) < 4.78 is 6.30. The smallest absolute Gasteiger partial charge is 0.252 e. The molecule has 1 aliphatic heterocycles. The van der Waals surface area contributed by atoms with E-state index in [9.17, 15) is 4.79 Å². The summed E-state index contributed by atoms with van der Waals surface area (Å²) in [5.74, 6) is 2.18. The van der Waals surface area contributed by atoms with E-state index in [1.165, 1.54) is 11.3 Å². The van der Waals surface area contributed by atoms with E-state index in [4.69, 9.17) is 16.0 Å². The Hall–Kier alpha value is -1.37. The summed E-state index contributed by atoms with van der Waals surface area (Å²) >= 11 is 7.25. The minimum Gasteiger partial charge on any atom is -0.444 e. The number of carbonyl (C=O) groups is 1. The van der Waals surface area contributed by atoms with E-state index in [1.807, 2.05) is 13.8 Å². The molecular weight excluding hydrogens is 346 g/mol. The number of hydrogen-bond donors (Lipinski definition) is 1. The van der Waals surface area contributed by atoms with Crippen LogP contribution in [0.25, 0.3) is 0 Å². The molecule has 2 aromatic rings. The molecule has 0 aromatic carbocycles. The second-order valence-corrected chi connectivity index (χ2v) is 7.86. The molecule has 7 heteroatoms. The normalized spacial score (nSPS) is 16.5. The monoisotopic (exact) mass is 367 g/mol. The Labute approximate surface area is 151 Å². The van der Waals surface area contributed by atoms with Gasteiger partial charge in [0.2, 0.25) is 5.89 Å². The van der Waals surface area contributed by atoms with Crippen molar-refractivity contribution in [3.63, 3.8) is 0 Å². The number of thiophene rings is 1. The number of nitrogens with zero attached hydrogens (tertiary/aromatic N) is 2. The number of hydrogen-bond acceptors (Lipinski definition) is 5. The predicted molar refractivity (Wildman–Crippen MR) is 95.6 cm³/mol. The van der Waals surface area contributed by atoms with Crippen LogP contribution in [0.15, 0.2) is 15.9 Å². The minimum atomic E-state index is -0.0358. The fraction of sp³-hybridized carbons (Fsp3) is 0.529. The van der Waals surface area contributed by atoms with Crippen molar-refractivity contribution in [1.29, 1.82) is 0 Å². The van der Waals surface area contributed by atoms with Gasteiger partial charge in [-0.25, -0.2) is 4.98 Å². The number of nitrogens with one attached hydrogen (secondary N) is 1. The summed E-state index contributed by atoms with van der Waals surface area (Å²) in [6.07, 6.45) is 2.15. The Bertz CT molecular complexity index is 685. The SMILES string of the molecule is Cc1nc(CN2CCC(CNC(=O)c3csc(Cl)c3)CC2)oc1C. The number of halogens is 1. The van der Waals surface area contributed by atoms with Crippen molar-refractivity contribution >= 4 is 28.8 Å². The second-order valence-electron chi connectivity index (χ2n) is 6.32. The lowest BCUT2D eigenvalue weighted by Crippen LogP contribution is -2.38. The lowest BCUT2D eigenvalue weighted by atomic mass is 9.96. The molecule has 3 rings (SSSR count). The third-order valence-corrected chi connectivity index (χ3v) is 5.61. The quantitative estimate of drug-likeness (QED) is 0.876. The van der Waals surface area contributed by atoms with Gasteiger partial charge < -0.3 is 9.73 Å². The number of aromatic nitrogens is 1. The molecule has 5 nitrogen and oxygen atoms in total. The predicted octanol–water partition coefficient (Wildman–Crippen LogP) is 3.65. The molecule has 0 radical (unpaired) electrons. The van der Waals surface area contributed by atoms with Crippen LogP contribution in [0.3, 0.4) is 0 Å². The molecular formula is C17H22ClN3O2S. The van der Waals surface area contributed by atoms with E-state index in [2.05, 4.69) is 15.2 Å². The van der Waals surface area contributed by atoms with Crippen LogP contribution in [-0.4, -0.2) is 35.4 Å². The summed E-state index contributed by atoms with van der Waals surface area (Å²) in [6.45, 7) is 7.41. The molecule has 130 valence electrons. The molecule has 24 heavy (non-hydrogen) atoms. The van der Waals surface area contributed by atoms with Crippen molar-refractivity contribution in [1.82, 2.24) is 15.2 Å². The molecule has 0 saturated carbocycles. The van der Waals surface area contributed by atoms with Gasteiger partial charge in [-0.2, -0.15) is 0 Å². The van der Waals surface area contributed by atoms with Gasteiger partial charge in [-0.15, -0.1) is 11.3 Å². The van der Waals surface area contributed by atoms with Crippen LogP contribution in [0.4, 0.5) is 0 Å². The van der Waals surface area contributed by atoms with Crippen molar-refractivity contribution < 1.29 is 9.21 Å². The number of rotatable bonds is 5. The highest BCUT2D eigenvalue weighted by Crippen LogP contribution is 2.21. The van der Waals surface area contributed by atoms with Gasteiger partial charge in [0.05, 0.1) is 22.1 Å². The number of carbonyl (C=O) groups excluding carboxylic acids is 1. The van der Waals surface area contributed by atoms with Crippen LogP contribution in [0.1, 0.15) is 40.5 Å². The molecule has 1 N–H and O–H groups in total. The zero-order valence-electron chi connectivity index (χ0n) is 14.0. The number of amides is 1. The third-order valence-electron chi connectivity index (χ3n) is 4.52. The van der Waals surface area contributed by atoms with Gasteiger partial charge >= 0.3 is 0 Å². The zero-order chi connectivity index (χ0) is 17.1. The Morgan fingerprint density at radius 2 is 2.21 bits per heavy atom. The van der Waals surface area contributed by atoms with Crippen LogP contribution in [0.5, 0.6) is 0 Å². The average Bonchev–Trinajstić information content (AvgIpc) is 3.12. The molecule has 1 aliphatic rings. The number of oxazole rings is 1. The van der Waals surface area contributed by atoms with E-state index >= 15 is 0 Å². The summed E-state index contributed by atoms with van der Waals surface area (Å²) in [6, 6.07) is 1.71. The molecule has 1 saturated heterocycles. The van der Waals surface area contributed by atoms with E-state index in [0.29, 0.717) is 15.8 Å². The van der Waals surface area contributed by atoms with Crippen LogP contribution in [0.2, 0.25) is 4.34 Å². The van der Waals surface area contributed by atoms with Crippen LogP contribution >= 0.6 is 22.9 Å². The number of aryl methyl sites for hydroxylation is 2. The van der Waals surface area contributed by atoms with Crippen LogP contribution in [-0.2, 0) is 6.54 Å². The molecule has 1 amide bonds. The maximum Gasteiger partial charge on any atom is 0.252 e. The first-order valence-corrected chi connectivity index (χ1v) is 9.44. The highest BCUT2D eigenvalue weighted by Gasteiger charge is 2.21. The maximum absolute atomic E-state index is 12.0. The number of likely N-dealkylation sites (tertiary alicyclic amines) is 1. The number of piperidine rings is 1. The zero-order valence-corrected chi connectivity index (χ0v) is 15.5. The molecule has 3 heterocycles. The van der Waals surface area contributed by atoms with Gasteiger partial charge in [-0.3, -0.25) is 9.69 Å². The summed E-state index contributed by atoms with van der Waals surface area (Å²) in [5, 5.41) is 4.81. The first kappa shape index (κ1) is 17.5.